The largest absolute Gasteiger partial charge is 0.282 e. The van der Waals surface area contributed by atoms with Crippen LogP contribution in [0.25, 0.3) is 43.4 Å². The Kier molecular flexibility index (Phi) is 3.74. The van der Waals surface area contributed by atoms with Crippen molar-refractivity contribution < 1.29 is 0 Å². The fourth-order valence-corrected chi connectivity index (χ4v) is 6.60. The summed E-state index contributed by atoms with van der Waals surface area (Å²) >= 11 is 2.49. The third kappa shape index (κ3) is 2.34. The van der Waals surface area contributed by atoms with E-state index in [1.165, 1.54) is 61.8 Å². The number of benzene rings is 4. The molecule has 0 unspecified atom stereocenters. The molecule has 0 N–H and O–H groups in total. The van der Waals surface area contributed by atoms with Crippen LogP contribution in [0.4, 0.5) is 0 Å². The van der Waals surface area contributed by atoms with E-state index < -0.39 is 0 Å². The van der Waals surface area contributed by atoms with Crippen molar-refractivity contribution in [2.24, 2.45) is 0 Å². The first-order valence-corrected chi connectivity index (χ1v) is 11.8. The molecule has 1 heterocycles. The van der Waals surface area contributed by atoms with Gasteiger partial charge in [0.1, 0.15) is 0 Å². The molecule has 0 radical (unpaired) electrons. The van der Waals surface area contributed by atoms with Gasteiger partial charge < -0.3 is 0 Å². The fourth-order valence-electron chi connectivity index (χ4n) is 5.79. The zero-order valence-corrected chi connectivity index (χ0v) is 20.2. The molecule has 0 atom stereocenters. The lowest BCUT2D eigenvalue weighted by atomic mass is 9.62. The molecule has 1 aromatic heterocycles. The summed E-state index contributed by atoms with van der Waals surface area (Å²) in [6.07, 6.45) is 2.47. The van der Waals surface area contributed by atoms with E-state index in [9.17, 15) is 0 Å². The van der Waals surface area contributed by atoms with Crippen LogP contribution in [0.2, 0.25) is 0 Å². The molecule has 0 spiro atoms. The minimum Gasteiger partial charge on any atom is -0.282 e. The van der Waals surface area contributed by atoms with Crippen molar-refractivity contribution in [1.29, 1.82) is 0 Å². The van der Waals surface area contributed by atoms with Gasteiger partial charge in [0.25, 0.3) is 0 Å². The van der Waals surface area contributed by atoms with E-state index in [1.54, 1.807) is 5.56 Å². The van der Waals surface area contributed by atoms with Crippen molar-refractivity contribution in [3.63, 3.8) is 0 Å². The van der Waals surface area contributed by atoms with Crippen molar-refractivity contribution in [2.75, 3.05) is 0 Å². The summed E-state index contributed by atoms with van der Waals surface area (Å²) in [5, 5.41) is 8.27. The van der Waals surface area contributed by atoms with Crippen molar-refractivity contribution in [1.82, 2.24) is 2.78 Å². The first-order valence-electron chi connectivity index (χ1n) is 10.9. The Morgan fingerprint density at radius 2 is 1.33 bits per heavy atom. The van der Waals surface area contributed by atoms with Gasteiger partial charge in [0.05, 0.1) is 33.9 Å². The summed E-state index contributed by atoms with van der Waals surface area (Å²) in [6, 6.07) is 22.8. The first-order chi connectivity index (χ1) is 14.3. The number of rotatable bonds is 0. The molecule has 0 aliphatic heterocycles. The zero-order chi connectivity index (χ0) is 20.8. The lowest BCUT2D eigenvalue weighted by Crippen LogP contribution is -2.33. The average molecular weight is 503 g/mol. The third-order valence-corrected chi connectivity index (χ3v) is 8.58. The Balaban J connectivity index is 1.90. The summed E-state index contributed by atoms with van der Waals surface area (Å²) in [7, 11) is 0. The van der Waals surface area contributed by atoms with Crippen LogP contribution in [0.3, 0.4) is 0 Å². The Labute approximate surface area is 191 Å². The summed E-state index contributed by atoms with van der Waals surface area (Å²) in [5.41, 5.74) is 6.16. The maximum absolute atomic E-state index is 2.49. The molecule has 0 saturated heterocycles. The Bertz CT molecular complexity index is 1500. The maximum Gasteiger partial charge on any atom is 0.0646 e. The predicted octanol–water partition coefficient (Wildman–Crippen LogP) is 8.65. The van der Waals surface area contributed by atoms with Crippen molar-refractivity contribution in [2.45, 2.75) is 51.4 Å². The Morgan fingerprint density at radius 3 is 2.17 bits per heavy atom. The highest BCUT2D eigenvalue weighted by Crippen LogP contribution is 2.51. The van der Waals surface area contributed by atoms with Crippen LogP contribution in [0.5, 0.6) is 0 Å². The molecule has 0 fully saturated rings. The fraction of sp³-hybridized carbons (Fsp3) is 0.286. The molecule has 0 amide bonds. The second-order valence-corrected chi connectivity index (χ2v) is 11.2. The van der Waals surface area contributed by atoms with E-state index in [-0.39, 0.29) is 10.8 Å². The molecular weight excluding hydrogens is 477 g/mol. The van der Waals surface area contributed by atoms with Crippen LogP contribution in [0.15, 0.2) is 60.7 Å². The monoisotopic (exact) mass is 503 g/mol. The number of nitrogens with zero attached hydrogens (tertiary/aromatic N) is 1. The summed E-state index contributed by atoms with van der Waals surface area (Å²) in [5.74, 6) is 0. The lowest BCUT2D eigenvalue weighted by Gasteiger charge is -2.42. The van der Waals surface area contributed by atoms with Crippen LogP contribution >= 0.6 is 22.9 Å². The quantitative estimate of drug-likeness (QED) is 0.147. The minimum atomic E-state index is 0.175. The van der Waals surface area contributed by atoms with Gasteiger partial charge in [0.2, 0.25) is 0 Å². The van der Waals surface area contributed by atoms with Crippen LogP contribution in [0, 0.1) is 0 Å². The van der Waals surface area contributed by atoms with E-state index in [4.69, 9.17) is 0 Å². The smallest absolute Gasteiger partial charge is 0.0646 e. The molecule has 2 heteroatoms. The van der Waals surface area contributed by atoms with Crippen LogP contribution in [0.1, 0.15) is 51.7 Å². The first kappa shape index (κ1) is 18.7. The summed E-state index contributed by atoms with van der Waals surface area (Å²) < 4.78 is 2.37. The number of aromatic nitrogens is 1. The SMILES string of the molecule is CC1(C)CCC(C)(C)c2c1ccc1c2c2c3ccc4ccccc4c3ccc2n1I. The molecule has 0 saturated carbocycles. The van der Waals surface area contributed by atoms with Gasteiger partial charge in [-0.1, -0.05) is 76.2 Å². The molecule has 1 nitrogen and oxygen atoms in total. The zero-order valence-electron chi connectivity index (χ0n) is 18.0. The normalized spacial score (nSPS) is 17.8. The van der Waals surface area contributed by atoms with Gasteiger partial charge >= 0.3 is 0 Å². The summed E-state index contributed by atoms with van der Waals surface area (Å²) in [4.78, 5) is 0. The second kappa shape index (κ2) is 6.00. The van der Waals surface area contributed by atoms with Crippen molar-refractivity contribution in [3.05, 3.63) is 71.8 Å². The van der Waals surface area contributed by atoms with Crippen LogP contribution < -0.4 is 0 Å². The van der Waals surface area contributed by atoms with E-state index in [0.717, 1.165) is 0 Å². The molecule has 1 aliphatic carbocycles. The standard InChI is InChI=1S/C28H26IN/c1-27(2)15-16-28(3,4)26-21(27)12-14-23-25(26)24-20-10-9-17-7-5-6-8-18(17)19(20)11-13-22(24)30(23)29/h5-14H,15-16H2,1-4H3. The molecule has 6 rings (SSSR count). The number of fused-ring (bicyclic) bond motifs is 9. The van der Waals surface area contributed by atoms with Crippen LogP contribution in [-0.4, -0.2) is 2.78 Å². The molecule has 1 aliphatic rings. The number of hydrogen-bond donors (Lipinski definition) is 0. The minimum absolute atomic E-state index is 0.175. The van der Waals surface area contributed by atoms with Crippen LogP contribution in [-0.2, 0) is 10.8 Å². The second-order valence-electron chi connectivity index (χ2n) is 10.3. The van der Waals surface area contributed by atoms with Gasteiger partial charge in [0, 0.05) is 10.8 Å². The molecule has 4 aromatic carbocycles. The molecule has 30 heavy (non-hydrogen) atoms. The maximum atomic E-state index is 2.49. The Hall–Kier alpha value is -2.07. The molecule has 0 bridgehead atoms. The highest BCUT2D eigenvalue weighted by atomic mass is 127. The van der Waals surface area contributed by atoms with Gasteiger partial charge in [0.15, 0.2) is 0 Å². The van der Waals surface area contributed by atoms with E-state index in [2.05, 4.69) is 114 Å². The third-order valence-electron chi connectivity index (χ3n) is 7.54. The van der Waals surface area contributed by atoms with E-state index >= 15 is 0 Å². The van der Waals surface area contributed by atoms with Crippen molar-refractivity contribution >= 4 is 66.2 Å². The topological polar surface area (TPSA) is 4.93 Å². The predicted molar refractivity (Wildman–Crippen MR) is 139 cm³/mol. The number of hydrogen-bond acceptors (Lipinski definition) is 0. The van der Waals surface area contributed by atoms with Crippen molar-refractivity contribution in [3.8, 4) is 0 Å². The molecule has 5 aromatic rings. The lowest BCUT2D eigenvalue weighted by molar-refractivity contribution is 0.334. The van der Waals surface area contributed by atoms with Gasteiger partial charge in [-0.3, -0.25) is 2.78 Å². The van der Waals surface area contributed by atoms with E-state index in [0.29, 0.717) is 0 Å². The van der Waals surface area contributed by atoms with Gasteiger partial charge in [-0.2, -0.15) is 0 Å². The molecule has 150 valence electrons. The molecular formula is C28H26IN. The summed E-state index contributed by atoms with van der Waals surface area (Å²) in [6.45, 7) is 9.72. The van der Waals surface area contributed by atoms with Gasteiger partial charge in [-0.05, 0) is 68.5 Å². The van der Waals surface area contributed by atoms with E-state index in [1.807, 2.05) is 0 Å². The van der Waals surface area contributed by atoms with Gasteiger partial charge in [-0.25, -0.2) is 0 Å². The number of halogens is 1. The highest BCUT2D eigenvalue weighted by Gasteiger charge is 2.39. The average Bonchev–Trinajstić information content (AvgIpc) is 3.03. The Morgan fingerprint density at radius 1 is 0.667 bits per heavy atom. The highest BCUT2D eigenvalue weighted by molar-refractivity contribution is 14.1. The van der Waals surface area contributed by atoms with Gasteiger partial charge in [-0.15, -0.1) is 0 Å².